The normalized spacial score (nSPS) is 16.0. The van der Waals surface area contributed by atoms with Crippen molar-refractivity contribution in [2.75, 3.05) is 26.3 Å². The van der Waals surface area contributed by atoms with Crippen LogP contribution in [0, 0.1) is 0 Å². The van der Waals surface area contributed by atoms with Crippen LogP contribution in [0.2, 0.25) is 0 Å². The van der Waals surface area contributed by atoms with E-state index in [1.807, 2.05) is 13.8 Å². The van der Waals surface area contributed by atoms with Crippen LogP contribution in [0.25, 0.3) is 0 Å². The summed E-state index contributed by atoms with van der Waals surface area (Å²) in [7, 11) is 0. The maximum absolute atomic E-state index is 12.6. The third-order valence-corrected chi connectivity index (χ3v) is 4.68. The van der Waals surface area contributed by atoms with Gasteiger partial charge in [-0.05, 0) is 43.8 Å². The van der Waals surface area contributed by atoms with Crippen LogP contribution in [0.5, 0.6) is 5.75 Å². The summed E-state index contributed by atoms with van der Waals surface area (Å²) in [6, 6.07) is 5.92. The molecule has 1 aromatic rings. The number of carbonyl (C=O) groups excluding carboxylic acids is 3. The molecule has 0 saturated carbocycles. The van der Waals surface area contributed by atoms with Gasteiger partial charge in [-0.1, -0.05) is 19.4 Å². The minimum atomic E-state index is -0.819. The number of nitrogens with zero attached hydrogens (tertiary/aromatic N) is 1. The number of unbranched alkanes of at least 4 members (excludes halogenated alkanes) is 1. The van der Waals surface area contributed by atoms with Crippen LogP contribution >= 0.6 is 12.2 Å². The average Bonchev–Trinajstić information content (AvgIpc) is 2.70. The molecule has 1 heterocycles. The Balaban J connectivity index is 2.02. The van der Waals surface area contributed by atoms with E-state index in [4.69, 9.17) is 21.7 Å². The maximum atomic E-state index is 12.6. The second kappa shape index (κ2) is 11.4. The summed E-state index contributed by atoms with van der Waals surface area (Å²) in [6.45, 7) is 5.42. The van der Waals surface area contributed by atoms with Gasteiger partial charge in [-0.15, -0.1) is 0 Å². The lowest BCUT2D eigenvalue weighted by atomic mass is 10.1. The van der Waals surface area contributed by atoms with E-state index in [0.29, 0.717) is 37.6 Å². The molecular formula is C20H27N3O5S. The second-order valence-corrected chi connectivity index (χ2v) is 6.89. The van der Waals surface area contributed by atoms with Crippen molar-refractivity contribution in [1.29, 1.82) is 0 Å². The lowest BCUT2D eigenvalue weighted by molar-refractivity contribution is -0.147. The van der Waals surface area contributed by atoms with E-state index < -0.39 is 17.9 Å². The average molecular weight is 422 g/mol. The lowest BCUT2D eigenvalue weighted by Gasteiger charge is -2.36. The zero-order chi connectivity index (χ0) is 21.2. The summed E-state index contributed by atoms with van der Waals surface area (Å²) >= 11 is 5.35. The molecule has 0 unspecified atom stereocenters. The third-order valence-electron chi connectivity index (χ3n) is 4.34. The van der Waals surface area contributed by atoms with Gasteiger partial charge in [0.2, 0.25) is 5.91 Å². The molecule has 1 aromatic carbocycles. The number of amides is 2. The Labute approximate surface area is 175 Å². The van der Waals surface area contributed by atoms with Crippen LogP contribution in [0.15, 0.2) is 24.3 Å². The van der Waals surface area contributed by atoms with Crippen molar-refractivity contribution in [3.63, 3.8) is 0 Å². The fourth-order valence-corrected chi connectivity index (χ4v) is 3.15. The van der Waals surface area contributed by atoms with Gasteiger partial charge < -0.3 is 19.7 Å². The highest BCUT2D eigenvalue weighted by atomic mass is 32.1. The minimum absolute atomic E-state index is 0.0954. The number of esters is 1. The molecule has 0 spiro atoms. The molecule has 0 aromatic heterocycles. The highest BCUT2D eigenvalue weighted by molar-refractivity contribution is 7.80. The molecule has 1 aliphatic rings. The molecule has 2 amide bonds. The van der Waals surface area contributed by atoms with Gasteiger partial charge in [0.1, 0.15) is 11.8 Å². The molecular weight excluding hydrogens is 394 g/mol. The van der Waals surface area contributed by atoms with Crippen molar-refractivity contribution in [2.24, 2.45) is 0 Å². The highest BCUT2D eigenvalue weighted by Crippen LogP contribution is 2.14. The number of benzene rings is 1. The Bertz CT molecular complexity index is 755. The molecule has 9 heteroatoms. The van der Waals surface area contributed by atoms with Crippen LogP contribution in [0.1, 0.15) is 43.5 Å². The number of piperazine rings is 1. The Morgan fingerprint density at radius 3 is 2.86 bits per heavy atom. The minimum Gasteiger partial charge on any atom is -0.494 e. The van der Waals surface area contributed by atoms with E-state index in [1.54, 1.807) is 29.2 Å². The zero-order valence-corrected chi connectivity index (χ0v) is 17.5. The second-order valence-electron chi connectivity index (χ2n) is 6.50. The van der Waals surface area contributed by atoms with Gasteiger partial charge in [0.25, 0.3) is 5.91 Å². The molecule has 1 aliphatic heterocycles. The van der Waals surface area contributed by atoms with Crippen LogP contribution in [-0.4, -0.2) is 60.1 Å². The number of thiocarbonyl (C=S) groups is 1. The summed E-state index contributed by atoms with van der Waals surface area (Å²) in [4.78, 5) is 38.5. The molecule has 2 N–H and O–H groups in total. The fourth-order valence-electron chi connectivity index (χ4n) is 2.84. The van der Waals surface area contributed by atoms with Crippen LogP contribution < -0.4 is 15.4 Å². The number of hydrogen-bond donors (Lipinski definition) is 2. The summed E-state index contributed by atoms with van der Waals surface area (Å²) in [5.41, 5.74) is 0.385. The lowest BCUT2D eigenvalue weighted by Crippen LogP contribution is -2.60. The van der Waals surface area contributed by atoms with Gasteiger partial charge >= 0.3 is 5.97 Å². The van der Waals surface area contributed by atoms with Gasteiger partial charge in [0.05, 0.1) is 19.6 Å². The summed E-state index contributed by atoms with van der Waals surface area (Å²) in [5.74, 6) is -0.620. The number of hydrogen-bond acceptors (Lipinski definition) is 6. The molecule has 1 saturated heterocycles. The standard InChI is InChI=1S/C20H27N3O5S/c1-3-5-11-28-17(24)13-16-19(26)21-9-10-23(16)20(29)22-18(25)14-7-6-8-15(12-14)27-4-2/h6-8,12,16H,3-5,9-11,13H2,1-2H3,(H,21,26)(H,22,25,29)/t16-/m1/s1. The molecule has 8 nitrogen and oxygen atoms in total. The zero-order valence-electron chi connectivity index (χ0n) is 16.7. The Morgan fingerprint density at radius 2 is 2.14 bits per heavy atom. The van der Waals surface area contributed by atoms with Gasteiger partial charge in [-0.25, -0.2) is 0 Å². The van der Waals surface area contributed by atoms with E-state index in [9.17, 15) is 14.4 Å². The van der Waals surface area contributed by atoms with Gasteiger partial charge in [-0.3, -0.25) is 19.7 Å². The molecule has 0 radical (unpaired) electrons. The third kappa shape index (κ3) is 6.70. The number of ether oxygens (including phenoxy) is 2. The topological polar surface area (TPSA) is 97.0 Å². The number of rotatable bonds is 8. The van der Waals surface area contributed by atoms with E-state index in [-0.39, 0.29) is 17.4 Å². The number of carbonyl (C=O) groups is 3. The fraction of sp³-hybridized carbons (Fsp3) is 0.500. The van der Waals surface area contributed by atoms with E-state index >= 15 is 0 Å². The molecule has 2 rings (SSSR count). The quantitative estimate of drug-likeness (QED) is 0.374. The van der Waals surface area contributed by atoms with Crippen molar-refractivity contribution < 1.29 is 23.9 Å². The summed E-state index contributed by atoms with van der Waals surface area (Å²) < 4.78 is 10.6. The molecule has 158 valence electrons. The predicted molar refractivity (Wildman–Crippen MR) is 112 cm³/mol. The first kappa shape index (κ1) is 22.6. The molecule has 0 bridgehead atoms. The highest BCUT2D eigenvalue weighted by Gasteiger charge is 2.34. The van der Waals surface area contributed by atoms with Crippen LogP contribution in [0.3, 0.4) is 0 Å². The molecule has 1 atom stereocenters. The van der Waals surface area contributed by atoms with Crippen LogP contribution in [-0.2, 0) is 14.3 Å². The first-order valence-electron chi connectivity index (χ1n) is 9.74. The maximum Gasteiger partial charge on any atom is 0.308 e. The largest absolute Gasteiger partial charge is 0.494 e. The van der Waals surface area contributed by atoms with E-state index in [1.165, 1.54) is 0 Å². The smallest absolute Gasteiger partial charge is 0.308 e. The van der Waals surface area contributed by atoms with Gasteiger partial charge in [0, 0.05) is 18.7 Å². The molecule has 0 aliphatic carbocycles. The van der Waals surface area contributed by atoms with Crippen molar-refractivity contribution >= 4 is 35.1 Å². The van der Waals surface area contributed by atoms with Crippen molar-refractivity contribution in [2.45, 2.75) is 39.2 Å². The first-order valence-corrected chi connectivity index (χ1v) is 10.1. The number of nitrogens with one attached hydrogen (secondary N) is 2. The Hall–Kier alpha value is -2.68. The molecule has 29 heavy (non-hydrogen) atoms. The Morgan fingerprint density at radius 1 is 1.34 bits per heavy atom. The Kier molecular flexibility index (Phi) is 8.85. The monoisotopic (exact) mass is 421 g/mol. The van der Waals surface area contributed by atoms with Crippen molar-refractivity contribution in [1.82, 2.24) is 15.5 Å². The van der Waals surface area contributed by atoms with Gasteiger partial charge in [-0.2, -0.15) is 0 Å². The first-order chi connectivity index (χ1) is 14.0. The predicted octanol–water partition coefficient (Wildman–Crippen LogP) is 1.63. The van der Waals surface area contributed by atoms with Crippen molar-refractivity contribution in [3.05, 3.63) is 29.8 Å². The van der Waals surface area contributed by atoms with E-state index in [2.05, 4.69) is 10.6 Å². The summed E-state index contributed by atoms with van der Waals surface area (Å²) in [6.07, 6.45) is 1.54. The van der Waals surface area contributed by atoms with E-state index in [0.717, 1.165) is 12.8 Å². The van der Waals surface area contributed by atoms with Crippen molar-refractivity contribution in [3.8, 4) is 5.75 Å². The van der Waals surface area contributed by atoms with Gasteiger partial charge in [0.15, 0.2) is 5.11 Å². The SMILES string of the molecule is CCCCOC(=O)C[C@@H]1C(=O)NCCN1C(=S)NC(=O)c1cccc(OCC)c1. The molecule has 1 fully saturated rings. The summed E-state index contributed by atoms with van der Waals surface area (Å²) in [5, 5.41) is 5.46. The van der Waals surface area contributed by atoms with Crippen LogP contribution in [0.4, 0.5) is 0 Å².